The molecule has 2 N–H and O–H groups in total. The van der Waals surface area contributed by atoms with E-state index in [1.165, 1.54) is 0 Å². The van der Waals surface area contributed by atoms with Crippen LogP contribution in [0.25, 0.3) is 0 Å². The fraction of sp³-hybridized carbons (Fsp3) is 0.923. The molecule has 0 bridgehead atoms. The van der Waals surface area contributed by atoms with Crippen molar-refractivity contribution in [2.45, 2.75) is 39.7 Å². The SMILES string of the molecule is CCCN(CCN(C)C)C(=O)C(N)C(C)CC. The molecular weight excluding hydrogens is 214 g/mol. The van der Waals surface area contributed by atoms with Gasteiger partial charge in [-0.25, -0.2) is 0 Å². The summed E-state index contributed by atoms with van der Waals surface area (Å²) in [6.07, 6.45) is 1.92. The van der Waals surface area contributed by atoms with Crippen LogP contribution in [0.5, 0.6) is 0 Å². The molecular formula is C13H29N3O. The summed E-state index contributed by atoms with van der Waals surface area (Å²) in [5.74, 6) is 0.351. The van der Waals surface area contributed by atoms with Gasteiger partial charge in [0, 0.05) is 19.6 Å². The van der Waals surface area contributed by atoms with Gasteiger partial charge in [0.25, 0.3) is 0 Å². The third-order valence-electron chi connectivity index (χ3n) is 3.16. The first-order chi connectivity index (χ1) is 7.93. The molecule has 0 saturated heterocycles. The smallest absolute Gasteiger partial charge is 0.239 e. The van der Waals surface area contributed by atoms with Crippen LogP contribution in [0.4, 0.5) is 0 Å². The molecule has 17 heavy (non-hydrogen) atoms. The minimum atomic E-state index is -0.353. The number of amides is 1. The van der Waals surface area contributed by atoms with E-state index in [0.29, 0.717) is 0 Å². The Hall–Kier alpha value is -0.610. The van der Waals surface area contributed by atoms with E-state index >= 15 is 0 Å². The first-order valence-corrected chi connectivity index (χ1v) is 6.63. The quantitative estimate of drug-likeness (QED) is 0.696. The van der Waals surface area contributed by atoms with Gasteiger partial charge in [-0.2, -0.15) is 0 Å². The maximum Gasteiger partial charge on any atom is 0.239 e. The molecule has 0 spiro atoms. The highest BCUT2D eigenvalue weighted by Crippen LogP contribution is 2.09. The lowest BCUT2D eigenvalue weighted by atomic mass is 9.99. The average molecular weight is 243 g/mol. The lowest BCUT2D eigenvalue weighted by Crippen LogP contribution is -2.49. The van der Waals surface area contributed by atoms with E-state index in [-0.39, 0.29) is 17.9 Å². The molecule has 4 nitrogen and oxygen atoms in total. The number of hydrogen-bond acceptors (Lipinski definition) is 3. The molecule has 0 aromatic heterocycles. The zero-order valence-corrected chi connectivity index (χ0v) is 12.1. The molecule has 1 amide bonds. The van der Waals surface area contributed by atoms with Crippen molar-refractivity contribution in [1.29, 1.82) is 0 Å². The zero-order valence-electron chi connectivity index (χ0n) is 12.1. The first-order valence-electron chi connectivity index (χ1n) is 6.63. The van der Waals surface area contributed by atoms with Gasteiger partial charge < -0.3 is 15.5 Å². The number of carbonyl (C=O) groups excluding carboxylic acids is 1. The summed E-state index contributed by atoms with van der Waals surface area (Å²) in [6.45, 7) is 8.66. The Morgan fingerprint density at radius 1 is 1.18 bits per heavy atom. The maximum atomic E-state index is 12.2. The second-order valence-electron chi connectivity index (χ2n) is 5.04. The molecule has 0 aliphatic heterocycles. The Labute approximate surface area is 106 Å². The molecule has 0 aliphatic rings. The maximum absolute atomic E-state index is 12.2. The molecule has 0 rings (SSSR count). The van der Waals surface area contributed by atoms with E-state index < -0.39 is 0 Å². The Bertz CT molecular complexity index is 219. The summed E-state index contributed by atoms with van der Waals surface area (Å²) in [5.41, 5.74) is 6.00. The molecule has 0 heterocycles. The number of hydrogen-bond donors (Lipinski definition) is 1. The van der Waals surface area contributed by atoms with Crippen molar-refractivity contribution < 1.29 is 4.79 Å². The van der Waals surface area contributed by atoms with E-state index in [1.807, 2.05) is 25.9 Å². The predicted octanol–water partition coefficient (Wildman–Crippen LogP) is 1.16. The Balaban J connectivity index is 4.41. The van der Waals surface area contributed by atoms with E-state index in [4.69, 9.17) is 5.73 Å². The van der Waals surface area contributed by atoms with Gasteiger partial charge in [-0.15, -0.1) is 0 Å². The van der Waals surface area contributed by atoms with E-state index in [9.17, 15) is 4.79 Å². The second kappa shape index (κ2) is 8.48. The topological polar surface area (TPSA) is 49.6 Å². The van der Waals surface area contributed by atoms with Crippen molar-refractivity contribution in [3.63, 3.8) is 0 Å². The predicted molar refractivity (Wildman–Crippen MR) is 72.9 cm³/mol. The minimum Gasteiger partial charge on any atom is -0.340 e. The summed E-state index contributed by atoms with van der Waals surface area (Å²) >= 11 is 0. The van der Waals surface area contributed by atoms with Crippen LogP contribution in [-0.2, 0) is 4.79 Å². The van der Waals surface area contributed by atoms with Crippen LogP contribution in [0.15, 0.2) is 0 Å². The minimum absolute atomic E-state index is 0.100. The van der Waals surface area contributed by atoms with E-state index in [1.54, 1.807) is 0 Å². The summed E-state index contributed by atoms with van der Waals surface area (Å²) in [6, 6.07) is -0.353. The molecule has 0 aromatic rings. The highest BCUT2D eigenvalue weighted by Gasteiger charge is 2.24. The average Bonchev–Trinajstić information content (AvgIpc) is 2.31. The summed E-state index contributed by atoms with van der Waals surface area (Å²) in [4.78, 5) is 16.2. The van der Waals surface area contributed by atoms with E-state index in [2.05, 4.69) is 18.7 Å². The standard InChI is InChI=1S/C13H29N3O/c1-6-8-16(10-9-15(4)5)13(17)12(14)11(3)7-2/h11-12H,6-10,14H2,1-5H3. The lowest BCUT2D eigenvalue weighted by molar-refractivity contribution is -0.134. The lowest BCUT2D eigenvalue weighted by Gasteiger charge is -2.28. The van der Waals surface area contributed by atoms with E-state index in [0.717, 1.165) is 32.5 Å². The molecule has 0 saturated carbocycles. The van der Waals surface area contributed by atoms with Crippen molar-refractivity contribution in [2.24, 2.45) is 11.7 Å². The molecule has 0 fully saturated rings. The van der Waals surface area contributed by atoms with Gasteiger partial charge in [0.15, 0.2) is 0 Å². The number of nitrogens with zero attached hydrogens (tertiary/aromatic N) is 2. The fourth-order valence-corrected chi connectivity index (χ4v) is 1.63. The van der Waals surface area contributed by atoms with Crippen molar-refractivity contribution in [3.8, 4) is 0 Å². The normalized spacial score (nSPS) is 14.8. The van der Waals surface area contributed by atoms with Crippen molar-refractivity contribution in [1.82, 2.24) is 9.80 Å². The van der Waals surface area contributed by atoms with Crippen LogP contribution in [0.2, 0.25) is 0 Å². The van der Waals surface area contributed by atoms with Gasteiger partial charge in [-0.05, 0) is 26.4 Å². The molecule has 0 radical (unpaired) electrons. The van der Waals surface area contributed by atoms with Gasteiger partial charge in [0.1, 0.15) is 0 Å². The number of carbonyl (C=O) groups is 1. The second-order valence-corrected chi connectivity index (χ2v) is 5.04. The van der Waals surface area contributed by atoms with Crippen LogP contribution in [0, 0.1) is 5.92 Å². The molecule has 4 heteroatoms. The van der Waals surface area contributed by atoms with Crippen molar-refractivity contribution in [2.75, 3.05) is 33.7 Å². The van der Waals surface area contributed by atoms with Crippen LogP contribution in [0.1, 0.15) is 33.6 Å². The molecule has 2 atom stereocenters. The molecule has 0 aliphatic carbocycles. The highest BCUT2D eigenvalue weighted by atomic mass is 16.2. The Kier molecular flexibility index (Phi) is 8.17. The third-order valence-corrected chi connectivity index (χ3v) is 3.16. The summed E-state index contributed by atoms with van der Waals surface area (Å²) in [7, 11) is 4.03. The van der Waals surface area contributed by atoms with Gasteiger partial charge in [0.2, 0.25) is 5.91 Å². The fourth-order valence-electron chi connectivity index (χ4n) is 1.63. The van der Waals surface area contributed by atoms with Crippen molar-refractivity contribution in [3.05, 3.63) is 0 Å². The van der Waals surface area contributed by atoms with Crippen molar-refractivity contribution >= 4 is 5.91 Å². The summed E-state index contributed by atoms with van der Waals surface area (Å²) in [5, 5.41) is 0. The van der Waals surface area contributed by atoms with Gasteiger partial charge in [-0.1, -0.05) is 27.2 Å². The first kappa shape index (κ1) is 16.4. The van der Waals surface area contributed by atoms with Gasteiger partial charge in [-0.3, -0.25) is 4.79 Å². The zero-order chi connectivity index (χ0) is 13.4. The molecule has 102 valence electrons. The van der Waals surface area contributed by atoms with Gasteiger partial charge >= 0.3 is 0 Å². The monoisotopic (exact) mass is 243 g/mol. The van der Waals surface area contributed by atoms with Crippen LogP contribution < -0.4 is 5.73 Å². The van der Waals surface area contributed by atoms with Gasteiger partial charge in [0.05, 0.1) is 6.04 Å². The van der Waals surface area contributed by atoms with Crippen LogP contribution in [0.3, 0.4) is 0 Å². The number of nitrogens with two attached hydrogens (primary N) is 1. The largest absolute Gasteiger partial charge is 0.340 e. The van der Waals surface area contributed by atoms with Crippen LogP contribution in [-0.4, -0.2) is 55.5 Å². The van der Waals surface area contributed by atoms with Crippen LogP contribution >= 0.6 is 0 Å². The third kappa shape index (κ3) is 6.03. The highest BCUT2D eigenvalue weighted by molar-refractivity contribution is 5.81. The summed E-state index contributed by atoms with van der Waals surface area (Å²) < 4.78 is 0. The Morgan fingerprint density at radius 2 is 1.76 bits per heavy atom. The molecule has 2 unspecified atom stereocenters. The molecule has 0 aromatic carbocycles. The number of rotatable bonds is 8. The Morgan fingerprint density at radius 3 is 2.18 bits per heavy atom. The number of likely N-dealkylation sites (N-methyl/N-ethyl adjacent to an activating group) is 1.